The molecule has 0 heterocycles. The highest BCUT2D eigenvalue weighted by molar-refractivity contribution is 5.69. The van der Waals surface area contributed by atoms with E-state index < -0.39 is 23.4 Å². The van der Waals surface area contributed by atoms with Crippen LogP contribution in [0.1, 0.15) is 5.56 Å². The Hall–Kier alpha value is -2.11. The average molecular weight is 273 g/mol. The lowest BCUT2D eigenvalue weighted by atomic mass is 10.0. The van der Waals surface area contributed by atoms with Crippen molar-refractivity contribution in [1.29, 1.82) is 0 Å². The van der Waals surface area contributed by atoms with Crippen molar-refractivity contribution >= 4 is 5.69 Å². The van der Waals surface area contributed by atoms with Crippen LogP contribution in [0.25, 0.3) is 11.1 Å². The highest BCUT2D eigenvalue weighted by Gasteiger charge is 2.31. The minimum Gasteiger partial charge on any atom is -0.399 e. The summed E-state index contributed by atoms with van der Waals surface area (Å²) < 4.78 is 64.0. The van der Waals surface area contributed by atoms with E-state index in [0.717, 1.165) is 24.3 Å². The van der Waals surface area contributed by atoms with Gasteiger partial charge in [-0.05, 0) is 41.5 Å². The molecule has 0 atom stereocenters. The van der Waals surface area contributed by atoms with E-state index in [4.69, 9.17) is 5.73 Å². The summed E-state index contributed by atoms with van der Waals surface area (Å²) in [5.74, 6) is -1.74. The van der Waals surface area contributed by atoms with Gasteiger partial charge in [-0.3, -0.25) is 0 Å². The standard InChI is InChI=1S/C13H8F5N/c14-10-2-8(3-11(15)6-10)7-1-9(13(16,17)18)5-12(19)4-7/h1-6H,19H2. The number of benzene rings is 2. The number of rotatable bonds is 1. The number of hydrogen-bond donors (Lipinski definition) is 1. The van der Waals surface area contributed by atoms with Crippen molar-refractivity contribution in [1.82, 2.24) is 0 Å². The van der Waals surface area contributed by atoms with E-state index in [1.165, 1.54) is 6.07 Å². The first-order chi connectivity index (χ1) is 8.75. The Morgan fingerprint density at radius 3 is 1.79 bits per heavy atom. The molecule has 2 N–H and O–H groups in total. The van der Waals surface area contributed by atoms with Crippen LogP contribution in [0.4, 0.5) is 27.6 Å². The zero-order chi connectivity index (χ0) is 14.2. The van der Waals surface area contributed by atoms with Crippen LogP contribution in [0, 0.1) is 11.6 Å². The first kappa shape index (κ1) is 13.3. The smallest absolute Gasteiger partial charge is 0.399 e. The van der Waals surface area contributed by atoms with Gasteiger partial charge in [-0.15, -0.1) is 0 Å². The van der Waals surface area contributed by atoms with E-state index in [9.17, 15) is 22.0 Å². The lowest BCUT2D eigenvalue weighted by molar-refractivity contribution is -0.137. The molecule has 0 aliphatic rings. The molecule has 0 fully saturated rings. The predicted octanol–water partition coefficient (Wildman–Crippen LogP) is 4.23. The van der Waals surface area contributed by atoms with E-state index in [-0.39, 0.29) is 16.8 Å². The first-order valence-corrected chi connectivity index (χ1v) is 5.20. The monoisotopic (exact) mass is 273 g/mol. The second-order valence-electron chi connectivity index (χ2n) is 4.00. The Morgan fingerprint density at radius 1 is 0.737 bits per heavy atom. The molecule has 0 saturated carbocycles. The quantitative estimate of drug-likeness (QED) is 0.610. The van der Waals surface area contributed by atoms with Gasteiger partial charge in [-0.2, -0.15) is 13.2 Å². The fourth-order valence-electron chi connectivity index (χ4n) is 1.70. The van der Waals surface area contributed by atoms with Gasteiger partial charge >= 0.3 is 6.18 Å². The lowest BCUT2D eigenvalue weighted by Gasteiger charge is -2.11. The maximum atomic E-state index is 13.1. The predicted molar refractivity (Wildman–Crippen MR) is 61.2 cm³/mol. The second kappa shape index (κ2) is 4.53. The van der Waals surface area contributed by atoms with Crippen molar-refractivity contribution in [3.8, 4) is 11.1 Å². The van der Waals surface area contributed by atoms with Gasteiger partial charge in [0.1, 0.15) is 11.6 Å². The van der Waals surface area contributed by atoms with Crippen LogP contribution >= 0.6 is 0 Å². The number of hydrogen-bond acceptors (Lipinski definition) is 1. The Kier molecular flexibility index (Phi) is 3.18. The largest absolute Gasteiger partial charge is 0.416 e. The molecule has 100 valence electrons. The van der Waals surface area contributed by atoms with Crippen LogP contribution in [-0.2, 0) is 6.18 Å². The molecule has 2 aromatic rings. The third-order valence-electron chi connectivity index (χ3n) is 2.48. The Labute approximate surface area is 105 Å². The normalized spacial score (nSPS) is 11.6. The maximum absolute atomic E-state index is 13.1. The van der Waals surface area contributed by atoms with Gasteiger partial charge in [0.2, 0.25) is 0 Å². The number of alkyl halides is 3. The van der Waals surface area contributed by atoms with E-state index in [1.54, 1.807) is 0 Å². The molecule has 0 saturated heterocycles. The Morgan fingerprint density at radius 2 is 1.26 bits per heavy atom. The van der Waals surface area contributed by atoms with Crippen LogP contribution in [0.2, 0.25) is 0 Å². The summed E-state index contributed by atoms with van der Waals surface area (Å²) in [6.45, 7) is 0. The van der Waals surface area contributed by atoms with Crippen molar-refractivity contribution < 1.29 is 22.0 Å². The molecule has 0 amide bonds. The van der Waals surface area contributed by atoms with E-state index in [1.807, 2.05) is 0 Å². The fraction of sp³-hybridized carbons (Fsp3) is 0.0769. The maximum Gasteiger partial charge on any atom is 0.416 e. The van der Waals surface area contributed by atoms with Crippen LogP contribution in [0.15, 0.2) is 36.4 Å². The molecule has 19 heavy (non-hydrogen) atoms. The zero-order valence-electron chi connectivity index (χ0n) is 9.43. The van der Waals surface area contributed by atoms with Crippen LogP contribution < -0.4 is 5.73 Å². The highest BCUT2D eigenvalue weighted by atomic mass is 19.4. The first-order valence-electron chi connectivity index (χ1n) is 5.20. The van der Waals surface area contributed by atoms with Gasteiger partial charge in [-0.1, -0.05) is 0 Å². The molecule has 2 rings (SSSR count). The molecule has 0 aliphatic carbocycles. The Bertz CT molecular complexity index is 599. The van der Waals surface area contributed by atoms with Gasteiger partial charge in [0.05, 0.1) is 5.56 Å². The van der Waals surface area contributed by atoms with Crippen molar-refractivity contribution in [2.45, 2.75) is 6.18 Å². The summed E-state index contributed by atoms with van der Waals surface area (Å²) in [6.07, 6.45) is -4.57. The van der Waals surface area contributed by atoms with Gasteiger partial charge in [0.15, 0.2) is 0 Å². The molecule has 2 aromatic carbocycles. The van der Waals surface area contributed by atoms with E-state index >= 15 is 0 Å². The summed E-state index contributed by atoms with van der Waals surface area (Å²) in [6, 6.07) is 5.31. The third kappa shape index (κ3) is 3.01. The average Bonchev–Trinajstić information content (AvgIpc) is 2.25. The van der Waals surface area contributed by atoms with Gasteiger partial charge in [0.25, 0.3) is 0 Å². The SMILES string of the molecule is Nc1cc(-c2cc(F)cc(F)c2)cc(C(F)(F)F)c1. The number of anilines is 1. The summed E-state index contributed by atoms with van der Waals surface area (Å²) in [5, 5.41) is 0. The van der Waals surface area contributed by atoms with Crippen molar-refractivity contribution in [2.75, 3.05) is 5.73 Å². The lowest BCUT2D eigenvalue weighted by Crippen LogP contribution is -2.06. The highest BCUT2D eigenvalue weighted by Crippen LogP contribution is 2.34. The third-order valence-corrected chi connectivity index (χ3v) is 2.48. The van der Waals surface area contributed by atoms with E-state index in [0.29, 0.717) is 6.07 Å². The topological polar surface area (TPSA) is 26.0 Å². The molecule has 1 nitrogen and oxygen atoms in total. The molecule has 0 radical (unpaired) electrons. The molecule has 0 aromatic heterocycles. The summed E-state index contributed by atoms with van der Waals surface area (Å²) in [7, 11) is 0. The molecule has 0 unspecified atom stereocenters. The minimum atomic E-state index is -4.57. The van der Waals surface area contributed by atoms with E-state index in [2.05, 4.69) is 0 Å². The number of nitrogens with two attached hydrogens (primary N) is 1. The molecule has 0 spiro atoms. The summed E-state index contributed by atoms with van der Waals surface area (Å²) in [4.78, 5) is 0. The number of nitrogen functional groups attached to an aromatic ring is 1. The molecule has 0 aliphatic heterocycles. The van der Waals surface area contributed by atoms with Crippen molar-refractivity contribution in [2.24, 2.45) is 0 Å². The fourth-order valence-corrected chi connectivity index (χ4v) is 1.70. The van der Waals surface area contributed by atoms with Crippen LogP contribution in [0.3, 0.4) is 0 Å². The minimum absolute atomic E-state index is 0.00435. The van der Waals surface area contributed by atoms with Crippen molar-refractivity contribution in [3.05, 3.63) is 53.6 Å². The number of halogens is 5. The van der Waals surface area contributed by atoms with Crippen molar-refractivity contribution in [3.63, 3.8) is 0 Å². The zero-order valence-corrected chi connectivity index (χ0v) is 9.43. The molecule has 0 bridgehead atoms. The van der Waals surface area contributed by atoms with Crippen LogP contribution in [0.5, 0.6) is 0 Å². The Balaban J connectivity index is 2.59. The summed E-state index contributed by atoms with van der Waals surface area (Å²) >= 11 is 0. The summed E-state index contributed by atoms with van der Waals surface area (Å²) in [5.41, 5.74) is 4.29. The van der Waals surface area contributed by atoms with Crippen LogP contribution in [-0.4, -0.2) is 0 Å². The second-order valence-corrected chi connectivity index (χ2v) is 4.00. The van der Waals surface area contributed by atoms with Gasteiger partial charge in [-0.25, -0.2) is 8.78 Å². The molecular formula is C13H8F5N. The van der Waals surface area contributed by atoms with Gasteiger partial charge in [0, 0.05) is 11.8 Å². The molecule has 6 heteroatoms. The van der Waals surface area contributed by atoms with Gasteiger partial charge < -0.3 is 5.73 Å². The molecular weight excluding hydrogens is 265 g/mol.